The summed E-state index contributed by atoms with van der Waals surface area (Å²) in [5, 5.41) is 24.1. The van der Waals surface area contributed by atoms with E-state index in [1.165, 1.54) is 19.3 Å². The molecule has 0 aromatic carbocycles. The fourth-order valence-electron chi connectivity index (χ4n) is 20.0. The van der Waals surface area contributed by atoms with Crippen molar-refractivity contribution in [1.82, 2.24) is 32.1 Å². The maximum Gasteiger partial charge on any atom is 0.266 e. The highest BCUT2D eigenvalue weighted by Crippen LogP contribution is 2.72. The van der Waals surface area contributed by atoms with Crippen molar-refractivity contribution in [2.75, 3.05) is 24.6 Å². The highest BCUT2D eigenvalue weighted by atomic mass is 32.2. The standard InChI is InChI=1S/C57H96N6O11S2/c1-34(10-16-47(65)58-26-28-75(69,70)71)40-12-14-42-51-43(20-24-55(40,42)5)53(3)22-18-38(30-36(53)32-46(51)64)60-49(67)8-7-9-50(68)61-39-19-23-54(4)37(31-39)33-57(62-63-57)52-44-15-13-41(56(44,6)25-21-45(52)54)35(2)11-17-48(66)59-27-29-76(72,73)74/h34-46,51-52,62-64H,7-33H2,1-6H3,(H,58,65)(H,59,66)(H,60,67)(H,61,68)(H,69,70,71)(H,72,73,74)/t34-,35+,36?,37?,38-,39+,40-,41+,42+,43+,44-,45-,46+,51?,52?,53+,54-,55-,56+/m0/s1. The summed E-state index contributed by atoms with van der Waals surface area (Å²) in [6.07, 6.45) is 19.7. The number of carbonyl (C=O) groups is 4. The zero-order chi connectivity index (χ0) is 54.8. The molecule has 9 aliphatic rings. The molecular weight excluding hydrogens is 1010 g/mol. The van der Waals surface area contributed by atoms with Crippen LogP contribution >= 0.6 is 0 Å². The Morgan fingerprint density at radius 1 is 0.553 bits per heavy atom. The number of aliphatic hydroxyl groups excluding tert-OH is 1. The summed E-state index contributed by atoms with van der Waals surface area (Å²) >= 11 is 0. The van der Waals surface area contributed by atoms with Gasteiger partial charge in [-0.1, -0.05) is 41.5 Å². The van der Waals surface area contributed by atoms with Gasteiger partial charge in [-0.05, 0) is 215 Å². The Hall–Kier alpha value is -2.42. The second kappa shape index (κ2) is 22.1. The van der Waals surface area contributed by atoms with Gasteiger partial charge in [0.2, 0.25) is 23.6 Å². The van der Waals surface area contributed by atoms with E-state index in [4.69, 9.17) is 9.11 Å². The van der Waals surface area contributed by atoms with Crippen LogP contribution in [0.25, 0.3) is 0 Å². The largest absolute Gasteiger partial charge is 0.393 e. The molecule has 17 nitrogen and oxygen atoms in total. The molecule has 0 aromatic rings. The summed E-state index contributed by atoms with van der Waals surface area (Å²) in [7, 11) is -8.24. The van der Waals surface area contributed by atoms with Crippen molar-refractivity contribution in [3.8, 4) is 0 Å². The van der Waals surface area contributed by atoms with Gasteiger partial charge < -0.3 is 26.4 Å². The summed E-state index contributed by atoms with van der Waals surface area (Å²) in [6.45, 7) is 14.3. The summed E-state index contributed by atoms with van der Waals surface area (Å²) in [5.41, 5.74) is 7.90. The number of aliphatic hydroxyl groups is 1. The molecule has 4 amide bonds. The molecule has 1 aliphatic heterocycles. The first kappa shape index (κ1) is 58.2. The number of nitrogens with one attached hydrogen (secondary N) is 6. The molecule has 76 heavy (non-hydrogen) atoms. The number of hydrazine groups is 1. The molecule has 8 saturated carbocycles. The highest BCUT2D eigenvalue weighted by Gasteiger charge is 2.70. The first-order valence-electron chi connectivity index (χ1n) is 29.9. The molecule has 8 aliphatic carbocycles. The minimum Gasteiger partial charge on any atom is -0.393 e. The maximum atomic E-state index is 13.5. The Labute approximate surface area is 454 Å². The second-order valence-electron chi connectivity index (χ2n) is 27.9. The quantitative estimate of drug-likeness (QED) is 0.0456. The van der Waals surface area contributed by atoms with Crippen molar-refractivity contribution in [3.05, 3.63) is 0 Å². The van der Waals surface area contributed by atoms with Crippen LogP contribution in [0.5, 0.6) is 0 Å². The summed E-state index contributed by atoms with van der Waals surface area (Å²) in [4.78, 5) is 52.1. The van der Waals surface area contributed by atoms with Crippen LogP contribution in [-0.2, 0) is 39.4 Å². The van der Waals surface area contributed by atoms with Crippen molar-refractivity contribution in [3.63, 3.8) is 0 Å². The number of hydrogen-bond donors (Lipinski definition) is 9. The third-order valence-electron chi connectivity index (χ3n) is 24.0. The average Bonchev–Trinajstić information content (AvgIpc) is 3.89. The number of rotatable bonds is 20. The van der Waals surface area contributed by atoms with E-state index < -0.39 is 31.7 Å². The van der Waals surface area contributed by atoms with Crippen molar-refractivity contribution < 1.29 is 50.2 Å². The molecule has 0 radical (unpaired) electrons. The Bertz CT molecular complexity index is 2390. The molecule has 4 unspecified atom stereocenters. The summed E-state index contributed by atoms with van der Waals surface area (Å²) in [6, 6.07) is 0.198. The van der Waals surface area contributed by atoms with Gasteiger partial charge in [-0.25, -0.2) is 10.9 Å². The zero-order valence-electron chi connectivity index (χ0n) is 46.7. The van der Waals surface area contributed by atoms with Gasteiger partial charge in [-0.2, -0.15) is 16.8 Å². The van der Waals surface area contributed by atoms with Gasteiger partial charge in [-0.3, -0.25) is 28.3 Å². The maximum absolute atomic E-state index is 13.5. The van der Waals surface area contributed by atoms with E-state index in [-0.39, 0.29) is 88.1 Å². The summed E-state index contributed by atoms with van der Waals surface area (Å²) < 4.78 is 62.3. The lowest BCUT2D eigenvalue weighted by Crippen LogP contribution is -2.62. The average molecular weight is 1110 g/mol. The molecule has 9 N–H and O–H groups in total. The topological polar surface area (TPSA) is 289 Å². The number of fused-ring (bicyclic) bond motifs is 11. The third-order valence-corrected chi connectivity index (χ3v) is 25.4. The lowest BCUT2D eigenvalue weighted by atomic mass is 9.42. The zero-order valence-corrected chi connectivity index (χ0v) is 48.3. The van der Waals surface area contributed by atoms with Gasteiger partial charge >= 0.3 is 0 Å². The van der Waals surface area contributed by atoms with E-state index >= 15 is 0 Å². The fourth-order valence-corrected chi connectivity index (χ4v) is 20.8. The van der Waals surface area contributed by atoms with E-state index in [2.05, 4.69) is 73.7 Å². The van der Waals surface area contributed by atoms with Crippen molar-refractivity contribution in [1.29, 1.82) is 0 Å². The molecule has 9 fully saturated rings. The van der Waals surface area contributed by atoms with Gasteiger partial charge in [0.25, 0.3) is 20.2 Å². The lowest BCUT2D eigenvalue weighted by Gasteiger charge is -2.63. The molecular formula is C57H96N6O11S2. The van der Waals surface area contributed by atoms with Crippen LogP contribution in [0.3, 0.4) is 0 Å². The number of amides is 4. The third kappa shape index (κ3) is 11.8. The molecule has 0 aromatic heterocycles. The minimum absolute atomic E-state index is 0.0104. The van der Waals surface area contributed by atoms with Crippen molar-refractivity contribution >= 4 is 43.9 Å². The Morgan fingerprint density at radius 2 is 0.987 bits per heavy atom. The monoisotopic (exact) mass is 1100 g/mol. The smallest absolute Gasteiger partial charge is 0.266 e. The van der Waals surface area contributed by atoms with Gasteiger partial charge in [0.05, 0.1) is 23.3 Å². The van der Waals surface area contributed by atoms with Gasteiger partial charge in [0.1, 0.15) is 0 Å². The predicted octanol–water partition coefficient (Wildman–Crippen LogP) is 6.67. The number of hydrogen-bond acceptors (Lipinski definition) is 11. The molecule has 19 heteroatoms. The first-order valence-corrected chi connectivity index (χ1v) is 33.1. The van der Waals surface area contributed by atoms with Crippen molar-refractivity contribution in [2.24, 2.45) is 92.7 Å². The fraction of sp³-hybridized carbons (Fsp3) is 0.930. The van der Waals surface area contributed by atoms with Crippen LogP contribution in [0.2, 0.25) is 0 Å². The first-order chi connectivity index (χ1) is 35.7. The van der Waals surface area contributed by atoms with Gasteiger partial charge in [0.15, 0.2) is 0 Å². The van der Waals surface area contributed by atoms with Crippen LogP contribution in [-0.4, -0.2) is 103 Å². The van der Waals surface area contributed by atoms with Crippen LogP contribution in [0.4, 0.5) is 0 Å². The molecule has 432 valence electrons. The van der Waals surface area contributed by atoms with Crippen LogP contribution in [0, 0.1) is 92.7 Å². The van der Waals surface area contributed by atoms with E-state index in [0.29, 0.717) is 97.2 Å². The van der Waals surface area contributed by atoms with E-state index in [1.54, 1.807) is 0 Å². The molecule has 1 heterocycles. The van der Waals surface area contributed by atoms with Crippen LogP contribution in [0.1, 0.15) is 189 Å². The Morgan fingerprint density at radius 3 is 1.50 bits per heavy atom. The molecule has 19 atom stereocenters. The summed E-state index contributed by atoms with van der Waals surface area (Å²) in [5.74, 6) is 3.98. The second-order valence-corrected chi connectivity index (χ2v) is 31.0. The van der Waals surface area contributed by atoms with Crippen LogP contribution in [0.15, 0.2) is 0 Å². The van der Waals surface area contributed by atoms with E-state index in [0.717, 1.165) is 96.3 Å². The Balaban J connectivity index is 0.699. The Kier molecular flexibility index (Phi) is 17.0. The SMILES string of the molecule is C[C@H](CCC(=O)NCCS(=O)(=O)O)[C@H]1CC[C@H]2C3[C@H](CC[C@]12C)[C@@]1(C)CC[C@@H](NC(=O)CCCC(=O)N[C@H]2CC[C@]4(C)C(C2)C[C@@H](O)C2[C@H]5CC[C@@H]([C@@H](C)CCC(=O)NCCS(=O)(=O)O)[C@]5(C)CC[C@H]24)CC1CC31NN1. The predicted molar refractivity (Wildman–Crippen MR) is 290 cm³/mol. The molecule has 1 saturated heterocycles. The van der Waals surface area contributed by atoms with Gasteiger partial charge in [-0.15, -0.1) is 0 Å². The molecule has 0 bridgehead atoms. The molecule has 9 rings (SSSR count). The highest BCUT2D eigenvalue weighted by molar-refractivity contribution is 7.86. The lowest BCUT2D eigenvalue weighted by molar-refractivity contribution is -0.167. The minimum atomic E-state index is -4.12. The van der Waals surface area contributed by atoms with Crippen LogP contribution < -0.4 is 32.1 Å². The van der Waals surface area contributed by atoms with Crippen molar-refractivity contribution in [2.45, 2.75) is 213 Å². The normalized spacial score (nSPS) is 41.9. The molecule has 1 spiro atoms. The van der Waals surface area contributed by atoms with Gasteiger partial charge in [0, 0.05) is 50.9 Å². The van der Waals surface area contributed by atoms with E-state index in [9.17, 15) is 41.1 Å². The van der Waals surface area contributed by atoms with E-state index in [1.807, 2.05) is 0 Å². The number of carbonyl (C=O) groups excluding carboxylic acids is 4.